The van der Waals surface area contributed by atoms with Crippen LogP contribution in [0.15, 0.2) is 46.3 Å². The van der Waals surface area contributed by atoms with E-state index < -0.39 is 11.2 Å². The lowest BCUT2D eigenvalue weighted by Gasteiger charge is -2.04. The van der Waals surface area contributed by atoms with Gasteiger partial charge in [0.1, 0.15) is 10.1 Å². The molecule has 7 heteroatoms. The van der Waals surface area contributed by atoms with E-state index in [1.165, 1.54) is 11.3 Å². The molecule has 1 unspecified atom stereocenters. The lowest BCUT2D eigenvalue weighted by atomic mass is 10.2. The smallest absolute Gasteiger partial charge is 0.316 e. The number of thiophene rings is 1. The zero-order valence-corrected chi connectivity index (χ0v) is 13.2. The summed E-state index contributed by atoms with van der Waals surface area (Å²) in [6.07, 6.45) is 0. The maximum atomic E-state index is 12.1. The van der Waals surface area contributed by atoms with Crippen LogP contribution in [0.1, 0.15) is 6.92 Å². The van der Waals surface area contributed by atoms with Gasteiger partial charge >= 0.3 is 5.97 Å². The number of nitrogens with one attached hydrogen (secondary N) is 1. The third kappa shape index (κ3) is 2.90. The fourth-order valence-electron chi connectivity index (χ4n) is 1.93. The molecule has 5 nitrogen and oxygen atoms in total. The fraction of sp³-hybridized carbons (Fsp3) is 0.133. The van der Waals surface area contributed by atoms with Gasteiger partial charge in [-0.3, -0.25) is 9.59 Å². The number of carbonyl (C=O) groups is 1. The van der Waals surface area contributed by atoms with E-state index in [1.807, 2.05) is 36.4 Å². The molecule has 0 aliphatic heterocycles. The first kappa shape index (κ1) is 14.8. The number of thioether (sulfide) groups is 1. The normalized spacial score (nSPS) is 12.4. The number of hydrogen-bond donors (Lipinski definition) is 2. The Bertz CT molecular complexity index is 887. The van der Waals surface area contributed by atoms with E-state index >= 15 is 0 Å². The number of hydrogen-bond acceptors (Lipinski definition) is 5. The summed E-state index contributed by atoms with van der Waals surface area (Å²) >= 11 is 2.45. The molecule has 1 aromatic carbocycles. The van der Waals surface area contributed by atoms with Crippen LogP contribution in [0, 0.1) is 0 Å². The quantitative estimate of drug-likeness (QED) is 0.566. The standard InChI is InChI=1S/C15H12N2O3S2/c1-8(14(19)20)21-15-16-12(18)10-7-11(22-13(10)17-15)9-5-3-2-4-6-9/h2-8H,1H3,(H,19,20)(H,16,17,18). The van der Waals surface area contributed by atoms with Gasteiger partial charge in [0.2, 0.25) is 0 Å². The largest absolute Gasteiger partial charge is 0.480 e. The molecule has 3 rings (SSSR count). The Kier molecular flexibility index (Phi) is 4.00. The molecule has 1 atom stereocenters. The molecule has 0 fully saturated rings. The number of fused-ring (bicyclic) bond motifs is 1. The fourth-order valence-corrected chi connectivity index (χ4v) is 3.76. The number of rotatable bonds is 4. The number of aromatic amines is 1. The SMILES string of the molecule is CC(Sc1nc2sc(-c3ccccc3)cc2c(=O)[nH]1)C(=O)O. The minimum Gasteiger partial charge on any atom is -0.480 e. The van der Waals surface area contributed by atoms with Gasteiger partial charge in [0.25, 0.3) is 5.56 Å². The molecule has 0 saturated carbocycles. The highest BCUT2D eigenvalue weighted by molar-refractivity contribution is 8.00. The van der Waals surface area contributed by atoms with Crippen molar-refractivity contribution < 1.29 is 9.90 Å². The van der Waals surface area contributed by atoms with E-state index in [0.29, 0.717) is 15.4 Å². The molecule has 112 valence electrons. The molecule has 0 amide bonds. The van der Waals surface area contributed by atoms with Crippen molar-refractivity contribution in [3.63, 3.8) is 0 Å². The summed E-state index contributed by atoms with van der Waals surface area (Å²) in [5.41, 5.74) is 0.779. The van der Waals surface area contributed by atoms with Crippen molar-refractivity contribution >= 4 is 39.3 Å². The zero-order chi connectivity index (χ0) is 15.7. The summed E-state index contributed by atoms with van der Waals surface area (Å²) in [6, 6.07) is 11.6. The lowest BCUT2D eigenvalue weighted by Crippen LogP contribution is -2.14. The van der Waals surface area contributed by atoms with Crippen LogP contribution < -0.4 is 5.56 Å². The maximum Gasteiger partial charge on any atom is 0.316 e. The highest BCUT2D eigenvalue weighted by atomic mass is 32.2. The molecular weight excluding hydrogens is 320 g/mol. The summed E-state index contributed by atoms with van der Waals surface area (Å²) in [5, 5.41) is 9.12. The van der Waals surface area contributed by atoms with Gasteiger partial charge in [-0.05, 0) is 18.6 Å². The van der Waals surface area contributed by atoms with Gasteiger partial charge in [-0.2, -0.15) is 0 Å². The van der Waals surface area contributed by atoms with Crippen molar-refractivity contribution in [1.29, 1.82) is 0 Å². The van der Waals surface area contributed by atoms with E-state index in [4.69, 9.17) is 5.11 Å². The van der Waals surface area contributed by atoms with Crippen molar-refractivity contribution in [1.82, 2.24) is 9.97 Å². The Balaban J connectivity index is 2.04. The third-order valence-electron chi connectivity index (χ3n) is 3.08. The van der Waals surface area contributed by atoms with Crippen LogP contribution in [0.5, 0.6) is 0 Å². The number of nitrogens with zero attached hydrogens (tertiary/aromatic N) is 1. The molecule has 0 bridgehead atoms. The summed E-state index contributed by atoms with van der Waals surface area (Å²) in [5.74, 6) is -0.941. The molecule has 2 aromatic heterocycles. The second kappa shape index (κ2) is 5.94. The van der Waals surface area contributed by atoms with Gasteiger partial charge in [0, 0.05) is 4.88 Å². The lowest BCUT2D eigenvalue weighted by molar-refractivity contribution is -0.136. The number of aliphatic carboxylic acids is 1. The van der Waals surface area contributed by atoms with E-state index in [2.05, 4.69) is 9.97 Å². The van der Waals surface area contributed by atoms with Gasteiger partial charge in [-0.1, -0.05) is 42.1 Å². The van der Waals surface area contributed by atoms with E-state index in [1.54, 1.807) is 6.92 Å². The average Bonchev–Trinajstić information content (AvgIpc) is 2.92. The predicted octanol–water partition coefficient (Wildman–Crippen LogP) is 3.22. The highest BCUT2D eigenvalue weighted by Gasteiger charge is 2.16. The van der Waals surface area contributed by atoms with Crippen LogP contribution in [-0.4, -0.2) is 26.3 Å². The second-order valence-electron chi connectivity index (χ2n) is 4.66. The minimum atomic E-state index is -0.941. The van der Waals surface area contributed by atoms with Gasteiger partial charge in [0.15, 0.2) is 5.16 Å². The van der Waals surface area contributed by atoms with Crippen molar-refractivity contribution in [2.75, 3.05) is 0 Å². The number of carboxylic acid groups (broad SMARTS) is 1. The second-order valence-corrected chi connectivity index (χ2v) is 7.03. The van der Waals surface area contributed by atoms with E-state index in [-0.39, 0.29) is 5.56 Å². The molecule has 2 heterocycles. The van der Waals surface area contributed by atoms with Crippen LogP contribution in [0.2, 0.25) is 0 Å². The minimum absolute atomic E-state index is 0.247. The zero-order valence-electron chi connectivity index (χ0n) is 11.6. The van der Waals surface area contributed by atoms with Crippen molar-refractivity contribution in [3.05, 3.63) is 46.8 Å². The van der Waals surface area contributed by atoms with Crippen molar-refractivity contribution in [2.45, 2.75) is 17.3 Å². The first-order valence-electron chi connectivity index (χ1n) is 6.53. The predicted molar refractivity (Wildman–Crippen MR) is 88.6 cm³/mol. The highest BCUT2D eigenvalue weighted by Crippen LogP contribution is 2.31. The number of benzene rings is 1. The molecule has 3 aromatic rings. The molecule has 0 radical (unpaired) electrons. The molecule has 22 heavy (non-hydrogen) atoms. The monoisotopic (exact) mass is 332 g/mol. The van der Waals surface area contributed by atoms with Gasteiger partial charge in [-0.15, -0.1) is 11.3 Å². The Labute approximate surface area is 134 Å². The number of H-pyrrole nitrogens is 1. The molecule has 0 saturated heterocycles. The topological polar surface area (TPSA) is 83.0 Å². The summed E-state index contributed by atoms with van der Waals surface area (Å²) < 4.78 is 0. The number of carboxylic acids is 1. The van der Waals surface area contributed by atoms with Crippen LogP contribution in [0.3, 0.4) is 0 Å². The van der Waals surface area contributed by atoms with E-state index in [9.17, 15) is 9.59 Å². The molecule has 0 spiro atoms. The van der Waals surface area contributed by atoms with Gasteiger partial charge in [-0.25, -0.2) is 4.98 Å². The summed E-state index contributed by atoms with van der Waals surface area (Å²) in [4.78, 5) is 31.6. The summed E-state index contributed by atoms with van der Waals surface area (Å²) in [6.45, 7) is 1.56. The number of aromatic nitrogens is 2. The van der Waals surface area contributed by atoms with Crippen LogP contribution in [0.4, 0.5) is 0 Å². The van der Waals surface area contributed by atoms with Gasteiger partial charge < -0.3 is 10.1 Å². The molecular formula is C15H12N2O3S2. The molecule has 0 aliphatic rings. The molecule has 0 aliphatic carbocycles. The maximum absolute atomic E-state index is 12.1. The van der Waals surface area contributed by atoms with Gasteiger partial charge in [0.05, 0.1) is 5.39 Å². The molecule has 2 N–H and O–H groups in total. The third-order valence-corrected chi connectivity index (χ3v) is 5.12. The first-order chi connectivity index (χ1) is 10.5. The Hall–Kier alpha value is -2.12. The van der Waals surface area contributed by atoms with Crippen molar-refractivity contribution in [2.24, 2.45) is 0 Å². The van der Waals surface area contributed by atoms with Crippen molar-refractivity contribution in [3.8, 4) is 10.4 Å². The van der Waals surface area contributed by atoms with Crippen LogP contribution in [0.25, 0.3) is 20.7 Å². The van der Waals surface area contributed by atoms with E-state index in [0.717, 1.165) is 22.2 Å². The Morgan fingerprint density at radius 2 is 2.09 bits per heavy atom. The van der Waals surface area contributed by atoms with Crippen LogP contribution >= 0.6 is 23.1 Å². The first-order valence-corrected chi connectivity index (χ1v) is 8.23. The van der Waals surface area contributed by atoms with Crippen LogP contribution in [-0.2, 0) is 4.79 Å². The average molecular weight is 332 g/mol. The Morgan fingerprint density at radius 3 is 2.77 bits per heavy atom. The summed E-state index contributed by atoms with van der Waals surface area (Å²) in [7, 11) is 0. The Morgan fingerprint density at radius 1 is 1.36 bits per heavy atom.